The van der Waals surface area contributed by atoms with E-state index < -0.39 is 0 Å². The van der Waals surface area contributed by atoms with Crippen LogP contribution in [0.4, 0.5) is 0 Å². The molecule has 2 atom stereocenters. The fraction of sp³-hybridized carbons (Fsp3) is 0.636. The van der Waals surface area contributed by atoms with Gasteiger partial charge in [0.1, 0.15) is 11.5 Å². The Morgan fingerprint density at radius 3 is 2.50 bits per heavy atom. The van der Waals surface area contributed by atoms with Crippen molar-refractivity contribution in [2.45, 2.75) is 40.2 Å². The molecular formula is C11H20N2O. The molecule has 1 heterocycles. The fourth-order valence-corrected chi connectivity index (χ4v) is 1.76. The number of hydrazine groups is 1. The first-order chi connectivity index (χ1) is 6.60. The molecule has 0 aliphatic carbocycles. The highest BCUT2D eigenvalue weighted by Gasteiger charge is 2.20. The summed E-state index contributed by atoms with van der Waals surface area (Å²) in [6, 6.07) is 2.25. The lowest BCUT2D eigenvalue weighted by molar-refractivity contribution is 0.376. The van der Waals surface area contributed by atoms with Gasteiger partial charge in [0.15, 0.2) is 0 Å². The first-order valence-corrected chi connectivity index (χ1v) is 5.13. The highest BCUT2D eigenvalue weighted by molar-refractivity contribution is 5.24. The maximum Gasteiger partial charge on any atom is 0.105 e. The summed E-state index contributed by atoms with van der Waals surface area (Å²) < 4.78 is 5.50. The summed E-state index contributed by atoms with van der Waals surface area (Å²) >= 11 is 0. The molecule has 0 aliphatic heterocycles. The quantitative estimate of drug-likeness (QED) is 0.574. The van der Waals surface area contributed by atoms with Gasteiger partial charge >= 0.3 is 0 Å². The Labute approximate surface area is 85.6 Å². The Morgan fingerprint density at radius 1 is 1.50 bits per heavy atom. The summed E-state index contributed by atoms with van der Waals surface area (Å²) in [5.74, 6) is 7.99. The van der Waals surface area contributed by atoms with Crippen molar-refractivity contribution in [3.8, 4) is 0 Å². The summed E-state index contributed by atoms with van der Waals surface area (Å²) in [5.41, 5.74) is 4.04. The third-order valence-electron chi connectivity index (χ3n) is 2.81. The van der Waals surface area contributed by atoms with Crippen LogP contribution in [0.3, 0.4) is 0 Å². The molecule has 2 unspecified atom stereocenters. The maximum absolute atomic E-state index is 5.57. The lowest BCUT2D eigenvalue weighted by atomic mass is 9.93. The minimum absolute atomic E-state index is 0.192. The molecule has 0 bridgehead atoms. The Morgan fingerprint density at radius 2 is 2.14 bits per heavy atom. The van der Waals surface area contributed by atoms with Gasteiger partial charge < -0.3 is 4.42 Å². The molecule has 1 aromatic heterocycles. The van der Waals surface area contributed by atoms with Gasteiger partial charge in [-0.1, -0.05) is 20.3 Å². The smallest absolute Gasteiger partial charge is 0.105 e. The van der Waals surface area contributed by atoms with Gasteiger partial charge in [-0.2, -0.15) is 0 Å². The second-order valence-corrected chi connectivity index (χ2v) is 3.90. The van der Waals surface area contributed by atoms with E-state index in [0.29, 0.717) is 5.92 Å². The monoisotopic (exact) mass is 196 g/mol. The zero-order valence-corrected chi connectivity index (χ0v) is 9.42. The summed E-state index contributed by atoms with van der Waals surface area (Å²) in [4.78, 5) is 0. The van der Waals surface area contributed by atoms with Gasteiger partial charge in [0.2, 0.25) is 0 Å². The van der Waals surface area contributed by atoms with Gasteiger partial charge in [0.05, 0.1) is 6.04 Å². The number of hydrogen-bond donors (Lipinski definition) is 2. The minimum Gasteiger partial charge on any atom is -0.466 e. The molecule has 0 saturated carbocycles. The van der Waals surface area contributed by atoms with Crippen molar-refractivity contribution in [1.29, 1.82) is 0 Å². The van der Waals surface area contributed by atoms with Crippen molar-refractivity contribution < 1.29 is 4.42 Å². The third kappa shape index (κ3) is 2.16. The van der Waals surface area contributed by atoms with Crippen LogP contribution in [0.25, 0.3) is 0 Å². The van der Waals surface area contributed by atoms with E-state index in [9.17, 15) is 0 Å². The number of nitrogens with one attached hydrogen (secondary N) is 1. The van der Waals surface area contributed by atoms with Gasteiger partial charge in [-0.05, 0) is 25.8 Å². The first kappa shape index (κ1) is 11.3. The molecule has 1 aromatic rings. The Balaban J connectivity index is 2.94. The van der Waals surface area contributed by atoms with Crippen molar-refractivity contribution in [2.24, 2.45) is 11.8 Å². The molecule has 0 fully saturated rings. The summed E-state index contributed by atoms with van der Waals surface area (Å²) in [7, 11) is 0. The summed E-state index contributed by atoms with van der Waals surface area (Å²) in [6.07, 6.45) is 1.10. The van der Waals surface area contributed by atoms with Gasteiger partial charge in [-0.25, -0.2) is 0 Å². The lowest BCUT2D eigenvalue weighted by Gasteiger charge is -2.21. The zero-order chi connectivity index (χ0) is 10.7. The molecule has 0 spiro atoms. The molecule has 3 nitrogen and oxygen atoms in total. The average Bonchev–Trinajstić information content (AvgIpc) is 2.47. The van der Waals surface area contributed by atoms with Crippen molar-refractivity contribution in [3.05, 3.63) is 23.2 Å². The Kier molecular flexibility index (Phi) is 3.72. The normalized spacial score (nSPS) is 15.5. The van der Waals surface area contributed by atoms with Crippen molar-refractivity contribution in [1.82, 2.24) is 5.43 Å². The molecule has 80 valence electrons. The number of rotatable bonds is 4. The van der Waals surface area contributed by atoms with Crippen LogP contribution in [0.2, 0.25) is 0 Å². The fourth-order valence-electron chi connectivity index (χ4n) is 1.76. The number of furan rings is 1. The molecule has 0 aliphatic rings. The molecular weight excluding hydrogens is 176 g/mol. The van der Waals surface area contributed by atoms with Crippen LogP contribution in [-0.2, 0) is 0 Å². The zero-order valence-electron chi connectivity index (χ0n) is 9.42. The van der Waals surface area contributed by atoms with Gasteiger partial charge in [-0.15, -0.1) is 0 Å². The molecule has 0 aromatic carbocycles. The van der Waals surface area contributed by atoms with E-state index in [2.05, 4.69) is 25.3 Å². The second kappa shape index (κ2) is 4.62. The van der Waals surface area contributed by atoms with Crippen LogP contribution < -0.4 is 11.3 Å². The van der Waals surface area contributed by atoms with E-state index in [1.165, 1.54) is 5.56 Å². The SMILES string of the molecule is CCC(C)C(NN)c1cc(C)oc1C. The van der Waals surface area contributed by atoms with E-state index in [4.69, 9.17) is 10.3 Å². The van der Waals surface area contributed by atoms with Gasteiger partial charge in [-0.3, -0.25) is 11.3 Å². The first-order valence-electron chi connectivity index (χ1n) is 5.13. The number of aryl methyl sites for hydroxylation is 2. The standard InChI is InChI=1S/C11H20N2O/c1-5-7(2)11(13-12)10-6-8(3)14-9(10)4/h6-7,11,13H,5,12H2,1-4H3. The van der Waals surface area contributed by atoms with Crippen LogP contribution >= 0.6 is 0 Å². The van der Waals surface area contributed by atoms with Crippen molar-refractivity contribution in [3.63, 3.8) is 0 Å². The second-order valence-electron chi connectivity index (χ2n) is 3.90. The highest BCUT2D eigenvalue weighted by Crippen LogP contribution is 2.28. The molecule has 3 heteroatoms. The van der Waals surface area contributed by atoms with Gasteiger partial charge in [0.25, 0.3) is 0 Å². The average molecular weight is 196 g/mol. The van der Waals surface area contributed by atoms with Crippen LogP contribution in [-0.4, -0.2) is 0 Å². The third-order valence-corrected chi connectivity index (χ3v) is 2.81. The van der Waals surface area contributed by atoms with Crippen LogP contribution in [0, 0.1) is 19.8 Å². The van der Waals surface area contributed by atoms with Crippen molar-refractivity contribution in [2.75, 3.05) is 0 Å². The number of nitrogens with two attached hydrogens (primary N) is 1. The topological polar surface area (TPSA) is 51.2 Å². The molecule has 0 radical (unpaired) electrons. The lowest BCUT2D eigenvalue weighted by Crippen LogP contribution is -2.32. The molecule has 0 amide bonds. The summed E-state index contributed by atoms with van der Waals surface area (Å²) in [5, 5.41) is 0. The van der Waals surface area contributed by atoms with E-state index in [-0.39, 0.29) is 6.04 Å². The van der Waals surface area contributed by atoms with E-state index in [1.54, 1.807) is 0 Å². The van der Waals surface area contributed by atoms with Gasteiger partial charge in [0, 0.05) is 5.56 Å². The largest absolute Gasteiger partial charge is 0.466 e. The van der Waals surface area contributed by atoms with Crippen LogP contribution in [0.1, 0.15) is 43.4 Å². The highest BCUT2D eigenvalue weighted by atomic mass is 16.3. The van der Waals surface area contributed by atoms with Crippen molar-refractivity contribution >= 4 is 0 Å². The van der Waals surface area contributed by atoms with E-state index in [0.717, 1.165) is 17.9 Å². The van der Waals surface area contributed by atoms with E-state index in [1.807, 2.05) is 13.8 Å². The predicted octanol–water partition coefficient (Wildman–Crippen LogP) is 2.45. The number of hydrogen-bond acceptors (Lipinski definition) is 3. The molecule has 1 rings (SSSR count). The maximum atomic E-state index is 5.57. The molecule has 0 saturated heterocycles. The Bertz CT molecular complexity index is 293. The summed E-state index contributed by atoms with van der Waals surface area (Å²) in [6.45, 7) is 8.29. The predicted molar refractivity (Wildman–Crippen MR) is 57.7 cm³/mol. The molecule has 14 heavy (non-hydrogen) atoms. The Hall–Kier alpha value is -0.800. The van der Waals surface area contributed by atoms with Crippen LogP contribution in [0.5, 0.6) is 0 Å². The molecule has 3 N–H and O–H groups in total. The van der Waals surface area contributed by atoms with Crippen LogP contribution in [0.15, 0.2) is 10.5 Å². The minimum atomic E-state index is 0.192. The van der Waals surface area contributed by atoms with E-state index >= 15 is 0 Å².